The van der Waals surface area contributed by atoms with Crippen LogP contribution in [0.5, 0.6) is 0 Å². The van der Waals surface area contributed by atoms with Gasteiger partial charge in [0.1, 0.15) is 0 Å². The van der Waals surface area contributed by atoms with Gasteiger partial charge >= 0.3 is 0 Å². The van der Waals surface area contributed by atoms with E-state index in [0.29, 0.717) is 12.8 Å². The number of carbonyl (C=O) groups excluding carboxylic acids is 2. The Labute approximate surface area is 162 Å². The Balaban J connectivity index is 1.64. The molecule has 4 heteroatoms. The summed E-state index contributed by atoms with van der Waals surface area (Å²) in [5, 5.41) is 5.63. The molecule has 0 saturated carbocycles. The lowest BCUT2D eigenvalue weighted by molar-refractivity contribution is -0.116. The summed E-state index contributed by atoms with van der Waals surface area (Å²) in [5.41, 5.74) is 6.12. The number of carbonyl (C=O) groups is 2. The minimum atomic E-state index is -0.181. The summed E-state index contributed by atoms with van der Waals surface area (Å²) >= 11 is 1.67. The lowest BCUT2D eigenvalue weighted by atomic mass is 9.74. The van der Waals surface area contributed by atoms with E-state index in [0.717, 1.165) is 58.7 Å². The molecule has 1 aromatic carbocycles. The molecule has 0 spiro atoms. The fourth-order valence-corrected chi connectivity index (χ4v) is 5.59. The van der Waals surface area contributed by atoms with Crippen LogP contribution in [0.2, 0.25) is 0 Å². The Morgan fingerprint density at radius 3 is 2.07 bits per heavy atom. The van der Waals surface area contributed by atoms with E-state index in [1.165, 1.54) is 5.56 Å². The Hall–Kier alpha value is -2.46. The van der Waals surface area contributed by atoms with Crippen LogP contribution in [0.1, 0.15) is 49.3 Å². The van der Waals surface area contributed by atoms with Gasteiger partial charge in [-0.1, -0.05) is 30.3 Å². The molecule has 0 fully saturated rings. The molecule has 2 heterocycles. The Kier molecular flexibility index (Phi) is 4.09. The van der Waals surface area contributed by atoms with Crippen molar-refractivity contribution in [3.05, 3.63) is 69.2 Å². The lowest BCUT2D eigenvalue weighted by Gasteiger charge is -2.36. The number of hydrogen-bond donors (Lipinski definition) is 1. The molecule has 0 saturated heterocycles. The highest BCUT2D eigenvalue weighted by molar-refractivity contribution is 7.10. The van der Waals surface area contributed by atoms with E-state index in [-0.39, 0.29) is 17.5 Å². The van der Waals surface area contributed by atoms with Gasteiger partial charge in [-0.25, -0.2) is 0 Å². The SMILES string of the molecule is O=C1CCCC2=C1C(c1cc(-c3ccccc3)cs1)C1=C(CCCC1=O)N2. The van der Waals surface area contributed by atoms with Crippen molar-refractivity contribution in [2.24, 2.45) is 0 Å². The first-order valence-corrected chi connectivity index (χ1v) is 10.5. The number of dihydropyridines is 1. The Morgan fingerprint density at radius 1 is 0.815 bits per heavy atom. The summed E-state index contributed by atoms with van der Waals surface area (Å²) in [6.45, 7) is 0. The second-order valence-corrected chi connectivity index (χ2v) is 8.44. The minimum Gasteiger partial charge on any atom is -0.362 e. The van der Waals surface area contributed by atoms with Crippen molar-refractivity contribution in [3.63, 3.8) is 0 Å². The largest absolute Gasteiger partial charge is 0.362 e. The van der Waals surface area contributed by atoms with Crippen LogP contribution >= 0.6 is 11.3 Å². The summed E-state index contributed by atoms with van der Waals surface area (Å²) in [4.78, 5) is 26.8. The van der Waals surface area contributed by atoms with Crippen molar-refractivity contribution in [1.82, 2.24) is 5.32 Å². The zero-order chi connectivity index (χ0) is 18.4. The van der Waals surface area contributed by atoms with Gasteiger partial charge in [-0.15, -0.1) is 11.3 Å². The van der Waals surface area contributed by atoms with Crippen molar-refractivity contribution >= 4 is 22.9 Å². The van der Waals surface area contributed by atoms with Gasteiger partial charge in [0.25, 0.3) is 0 Å². The summed E-state index contributed by atoms with van der Waals surface area (Å²) in [7, 11) is 0. The molecule has 0 unspecified atom stereocenters. The smallest absolute Gasteiger partial charge is 0.161 e. The maximum Gasteiger partial charge on any atom is 0.161 e. The molecule has 5 rings (SSSR count). The molecule has 2 aromatic rings. The van der Waals surface area contributed by atoms with E-state index in [2.05, 4.69) is 28.9 Å². The van der Waals surface area contributed by atoms with Gasteiger partial charge in [0.05, 0.1) is 5.92 Å². The van der Waals surface area contributed by atoms with Crippen molar-refractivity contribution in [3.8, 4) is 11.1 Å². The first kappa shape index (κ1) is 16.7. The van der Waals surface area contributed by atoms with E-state index >= 15 is 0 Å². The minimum absolute atomic E-state index is 0.181. The van der Waals surface area contributed by atoms with Crippen molar-refractivity contribution in [1.29, 1.82) is 0 Å². The molecule has 27 heavy (non-hydrogen) atoms. The fraction of sp³-hybridized carbons (Fsp3) is 0.304. The average Bonchev–Trinajstić information content (AvgIpc) is 3.17. The predicted octanol–water partition coefficient (Wildman–Crippen LogP) is 5.12. The standard InChI is InChI=1S/C23H21NO2S/c25-18-10-4-8-16-21(18)23(22-17(24-16)9-5-11-19(22)26)20-12-15(13-27-20)14-6-2-1-3-7-14/h1-3,6-7,12-13,23-24H,4-5,8-11H2. The van der Waals surface area contributed by atoms with Crippen LogP contribution < -0.4 is 5.32 Å². The molecular weight excluding hydrogens is 354 g/mol. The van der Waals surface area contributed by atoms with E-state index in [1.54, 1.807) is 11.3 Å². The predicted molar refractivity (Wildman–Crippen MR) is 107 cm³/mol. The average molecular weight is 375 g/mol. The third-order valence-electron chi connectivity index (χ3n) is 5.80. The third kappa shape index (κ3) is 2.79. The summed E-state index contributed by atoms with van der Waals surface area (Å²) in [6.07, 6.45) is 4.77. The normalized spacial score (nSPS) is 20.4. The monoisotopic (exact) mass is 375 g/mol. The molecule has 3 nitrogen and oxygen atoms in total. The van der Waals surface area contributed by atoms with Gasteiger partial charge in [0.2, 0.25) is 0 Å². The number of hydrogen-bond acceptors (Lipinski definition) is 4. The Bertz CT molecular complexity index is 954. The quantitative estimate of drug-likeness (QED) is 0.793. The zero-order valence-corrected chi connectivity index (χ0v) is 15.9. The van der Waals surface area contributed by atoms with Crippen molar-refractivity contribution in [2.45, 2.75) is 44.4 Å². The van der Waals surface area contributed by atoms with Gasteiger partial charge in [-0.2, -0.15) is 0 Å². The summed E-state index contributed by atoms with van der Waals surface area (Å²) in [6, 6.07) is 12.5. The van der Waals surface area contributed by atoms with Crippen LogP contribution in [0.4, 0.5) is 0 Å². The molecule has 0 atom stereocenters. The third-order valence-corrected chi connectivity index (χ3v) is 6.80. The van der Waals surface area contributed by atoms with Crippen molar-refractivity contribution < 1.29 is 9.59 Å². The summed E-state index contributed by atoms with van der Waals surface area (Å²) in [5.74, 6) is 0.223. The topological polar surface area (TPSA) is 46.2 Å². The maximum absolute atomic E-state index is 12.8. The molecule has 0 radical (unpaired) electrons. The van der Waals surface area contributed by atoms with Gasteiger partial charge in [-0.3, -0.25) is 9.59 Å². The second-order valence-electron chi connectivity index (χ2n) is 7.50. The Morgan fingerprint density at radius 2 is 1.44 bits per heavy atom. The number of nitrogens with one attached hydrogen (secondary N) is 1. The molecule has 1 aromatic heterocycles. The van der Waals surface area contributed by atoms with E-state index in [4.69, 9.17) is 0 Å². The molecular formula is C23H21NO2S. The molecule has 2 aliphatic carbocycles. The number of Topliss-reactive ketones (excluding diaryl/α,β-unsaturated/α-hetero) is 2. The van der Waals surface area contributed by atoms with E-state index in [1.807, 2.05) is 18.2 Å². The highest BCUT2D eigenvalue weighted by atomic mass is 32.1. The number of allylic oxidation sites excluding steroid dienone is 4. The molecule has 136 valence electrons. The lowest BCUT2D eigenvalue weighted by Crippen LogP contribution is -2.35. The van der Waals surface area contributed by atoms with Crippen LogP contribution in [0.15, 0.2) is 64.3 Å². The highest BCUT2D eigenvalue weighted by Gasteiger charge is 2.40. The molecule has 3 aliphatic rings. The number of rotatable bonds is 2. The molecule has 1 N–H and O–H groups in total. The van der Waals surface area contributed by atoms with Crippen LogP contribution in [0, 0.1) is 0 Å². The number of ketones is 2. The van der Waals surface area contributed by atoms with Gasteiger partial charge < -0.3 is 5.32 Å². The van der Waals surface area contributed by atoms with Crippen LogP contribution in [0.25, 0.3) is 11.1 Å². The van der Waals surface area contributed by atoms with Crippen LogP contribution in [-0.2, 0) is 9.59 Å². The number of benzene rings is 1. The maximum atomic E-state index is 12.8. The van der Waals surface area contributed by atoms with Gasteiger partial charge in [0.15, 0.2) is 11.6 Å². The van der Waals surface area contributed by atoms with Crippen LogP contribution in [-0.4, -0.2) is 11.6 Å². The van der Waals surface area contributed by atoms with Gasteiger partial charge in [0, 0.05) is 40.3 Å². The first-order valence-electron chi connectivity index (χ1n) is 9.66. The molecule has 0 amide bonds. The fourth-order valence-electron chi connectivity index (χ4n) is 4.55. The van der Waals surface area contributed by atoms with Crippen LogP contribution in [0.3, 0.4) is 0 Å². The second kappa shape index (κ2) is 6.61. The van der Waals surface area contributed by atoms with E-state index in [9.17, 15) is 9.59 Å². The molecule has 1 aliphatic heterocycles. The zero-order valence-electron chi connectivity index (χ0n) is 15.1. The van der Waals surface area contributed by atoms with Gasteiger partial charge in [-0.05, 0) is 48.3 Å². The molecule has 0 bridgehead atoms. The number of thiophene rings is 1. The summed E-state index contributed by atoms with van der Waals surface area (Å²) < 4.78 is 0. The van der Waals surface area contributed by atoms with E-state index < -0.39 is 0 Å². The highest BCUT2D eigenvalue weighted by Crippen LogP contribution is 2.47. The first-order chi connectivity index (χ1) is 13.2. The van der Waals surface area contributed by atoms with Crippen molar-refractivity contribution in [2.75, 3.05) is 0 Å².